The number of thiazole rings is 1. The standard InChI is InChI=1S/C20H17F2N3O2S2/c1-12-9-16(7-8-17(12)22)29(26,27)23-10-19-13(2)25-11-18(24-20(25)28-19)14-3-5-15(21)6-4-14/h3-9,11,23H,10H2,1-2H3. The van der Waals surface area contributed by atoms with Gasteiger partial charge in [-0.05, 0) is 61.9 Å². The molecule has 2 aromatic carbocycles. The van der Waals surface area contributed by atoms with Gasteiger partial charge in [0.15, 0.2) is 4.96 Å². The van der Waals surface area contributed by atoms with Gasteiger partial charge >= 0.3 is 0 Å². The molecule has 0 saturated heterocycles. The molecule has 4 rings (SSSR count). The third kappa shape index (κ3) is 3.81. The fourth-order valence-electron chi connectivity index (χ4n) is 2.95. The maximum absolute atomic E-state index is 13.4. The molecule has 2 heterocycles. The van der Waals surface area contributed by atoms with Crippen LogP contribution in [0.2, 0.25) is 0 Å². The van der Waals surface area contributed by atoms with Crippen molar-refractivity contribution < 1.29 is 17.2 Å². The molecular weight excluding hydrogens is 416 g/mol. The highest BCUT2D eigenvalue weighted by Crippen LogP contribution is 2.27. The minimum absolute atomic E-state index is 0.0222. The van der Waals surface area contributed by atoms with Crippen molar-refractivity contribution in [2.75, 3.05) is 0 Å². The van der Waals surface area contributed by atoms with Gasteiger partial charge in [0.05, 0.1) is 10.6 Å². The summed E-state index contributed by atoms with van der Waals surface area (Å²) in [4.78, 5) is 6.12. The van der Waals surface area contributed by atoms with Gasteiger partial charge in [-0.25, -0.2) is 26.9 Å². The number of rotatable bonds is 5. The molecular formula is C20H17F2N3O2S2. The molecule has 0 fully saturated rings. The average molecular weight is 434 g/mol. The number of aromatic nitrogens is 2. The van der Waals surface area contributed by atoms with Crippen LogP contribution in [-0.4, -0.2) is 17.8 Å². The van der Waals surface area contributed by atoms with Crippen molar-refractivity contribution in [3.63, 3.8) is 0 Å². The summed E-state index contributed by atoms with van der Waals surface area (Å²) in [5.41, 5.74) is 2.65. The van der Waals surface area contributed by atoms with Gasteiger partial charge < -0.3 is 0 Å². The number of sulfonamides is 1. The molecule has 0 saturated carbocycles. The van der Waals surface area contributed by atoms with Crippen molar-refractivity contribution in [3.05, 3.63) is 76.4 Å². The van der Waals surface area contributed by atoms with Gasteiger partial charge in [-0.15, -0.1) is 0 Å². The number of benzene rings is 2. The zero-order valence-corrected chi connectivity index (χ0v) is 17.2. The van der Waals surface area contributed by atoms with Gasteiger partial charge in [0, 0.05) is 28.9 Å². The van der Waals surface area contributed by atoms with E-state index in [-0.39, 0.29) is 22.8 Å². The molecule has 0 aliphatic rings. The van der Waals surface area contributed by atoms with Gasteiger partial charge in [0.2, 0.25) is 10.0 Å². The Morgan fingerprint density at radius 2 is 1.83 bits per heavy atom. The van der Waals surface area contributed by atoms with E-state index in [9.17, 15) is 17.2 Å². The van der Waals surface area contributed by atoms with E-state index >= 15 is 0 Å². The van der Waals surface area contributed by atoms with Crippen LogP contribution in [0.15, 0.2) is 53.6 Å². The fourth-order valence-corrected chi connectivity index (χ4v) is 5.16. The van der Waals surface area contributed by atoms with Crippen molar-refractivity contribution in [1.29, 1.82) is 0 Å². The molecule has 4 aromatic rings. The first-order valence-corrected chi connectivity index (χ1v) is 11.0. The molecule has 0 aliphatic carbocycles. The largest absolute Gasteiger partial charge is 0.294 e. The average Bonchev–Trinajstić information content (AvgIpc) is 3.22. The number of aryl methyl sites for hydroxylation is 2. The first kappa shape index (κ1) is 19.7. The first-order chi connectivity index (χ1) is 13.7. The molecule has 0 spiro atoms. The zero-order valence-electron chi connectivity index (χ0n) is 15.6. The molecule has 0 amide bonds. The fraction of sp³-hybridized carbons (Fsp3) is 0.150. The number of halogens is 2. The van der Waals surface area contributed by atoms with Crippen LogP contribution in [0.5, 0.6) is 0 Å². The van der Waals surface area contributed by atoms with Crippen molar-refractivity contribution in [2.45, 2.75) is 25.3 Å². The summed E-state index contributed by atoms with van der Waals surface area (Å²) in [5.74, 6) is -0.756. The Hall–Kier alpha value is -2.62. The Kier molecular flexibility index (Phi) is 4.97. The lowest BCUT2D eigenvalue weighted by atomic mass is 10.2. The lowest BCUT2D eigenvalue weighted by Gasteiger charge is -2.07. The number of nitrogens with one attached hydrogen (secondary N) is 1. The normalized spacial score (nSPS) is 12.0. The second-order valence-corrected chi connectivity index (χ2v) is 9.46. The van der Waals surface area contributed by atoms with Crippen molar-refractivity contribution in [2.24, 2.45) is 0 Å². The van der Waals surface area contributed by atoms with E-state index in [4.69, 9.17) is 0 Å². The van der Waals surface area contributed by atoms with Gasteiger partial charge in [-0.1, -0.05) is 11.3 Å². The van der Waals surface area contributed by atoms with Crippen LogP contribution >= 0.6 is 11.3 Å². The lowest BCUT2D eigenvalue weighted by molar-refractivity contribution is 0.580. The maximum atomic E-state index is 13.4. The lowest BCUT2D eigenvalue weighted by Crippen LogP contribution is -2.23. The molecule has 0 atom stereocenters. The van der Waals surface area contributed by atoms with Crippen LogP contribution in [0.1, 0.15) is 16.1 Å². The number of hydrogen-bond donors (Lipinski definition) is 1. The molecule has 2 aromatic heterocycles. The topological polar surface area (TPSA) is 63.5 Å². The van der Waals surface area contributed by atoms with Crippen LogP contribution in [0, 0.1) is 25.5 Å². The number of nitrogens with zero attached hydrogens (tertiary/aromatic N) is 2. The Balaban J connectivity index is 1.57. The molecule has 1 N–H and O–H groups in total. The first-order valence-electron chi connectivity index (χ1n) is 8.74. The monoisotopic (exact) mass is 433 g/mol. The highest BCUT2D eigenvalue weighted by atomic mass is 32.2. The Morgan fingerprint density at radius 3 is 2.48 bits per heavy atom. The predicted molar refractivity (Wildman–Crippen MR) is 108 cm³/mol. The third-order valence-electron chi connectivity index (χ3n) is 4.66. The second kappa shape index (κ2) is 7.33. The Bertz CT molecular complexity index is 1310. The third-order valence-corrected chi connectivity index (χ3v) is 7.21. The van der Waals surface area contributed by atoms with Crippen LogP contribution in [-0.2, 0) is 16.6 Å². The highest BCUT2D eigenvalue weighted by Gasteiger charge is 2.18. The molecule has 0 bridgehead atoms. The number of imidazole rings is 1. The summed E-state index contributed by atoms with van der Waals surface area (Å²) < 4.78 is 56.0. The highest BCUT2D eigenvalue weighted by molar-refractivity contribution is 7.89. The van der Waals surface area contributed by atoms with Gasteiger partial charge in [0.25, 0.3) is 0 Å². The molecule has 0 radical (unpaired) electrons. The predicted octanol–water partition coefficient (Wildman–Crippen LogP) is 4.44. The molecule has 9 heteroatoms. The van der Waals surface area contributed by atoms with Crippen molar-refractivity contribution >= 4 is 26.3 Å². The van der Waals surface area contributed by atoms with E-state index in [0.29, 0.717) is 10.7 Å². The molecule has 29 heavy (non-hydrogen) atoms. The van der Waals surface area contributed by atoms with E-state index < -0.39 is 15.8 Å². The maximum Gasteiger partial charge on any atom is 0.240 e. The second-order valence-electron chi connectivity index (χ2n) is 6.63. The Morgan fingerprint density at radius 1 is 1.10 bits per heavy atom. The van der Waals surface area contributed by atoms with Crippen LogP contribution in [0.4, 0.5) is 8.78 Å². The van der Waals surface area contributed by atoms with Crippen LogP contribution in [0.25, 0.3) is 16.2 Å². The van der Waals surface area contributed by atoms with Crippen LogP contribution < -0.4 is 4.72 Å². The van der Waals surface area contributed by atoms with Crippen LogP contribution in [0.3, 0.4) is 0 Å². The molecule has 0 unspecified atom stereocenters. The van der Waals surface area contributed by atoms with E-state index in [1.54, 1.807) is 12.1 Å². The summed E-state index contributed by atoms with van der Waals surface area (Å²) >= 11 is 1.37. The summed E-state index contributed by atoms with van der Waals surface area (Å²) in [5, 5.41) is 0. The SMILES string of the molecule is Cc1cc(S(=O)(=O)NCc2sc3nc(-c4ccc(F)cc4)cn3c2C)ccc1F. The molecule has 150 valence electrons. The van der Waals surface area contributed by atoms with Gasteiger partial charge in [-0.3, -0.25) is 4.40 Å². The van der Waals surface area contributed by atoms with E-state index in [0.717, 1.165) is 22.2 Å². The molecule has 5 nitrogen and oxygen atoms in total. The summed E-state index contributed by atoms with van der Waals surface area (Å²) in [6, 6.07) is 9.79. The summed E-state index contributed by atoms with van der Waals surface area (Å²) in [7, 11) is -3.77. The number of hydrogen-bond acceptors (Lipinski definition) is 4. The summed E-state index contributed by atoms with van der Waals surface area (Å²) in [6.07, 6.45) is 1.84. The number of fused-ring (bicyclic) bond motifs is 1. The van der Waals surface area contributed by atoms with E-state index in [1.807, 2.05) is 17.5 Å². The van der Waals surface area contributed by atoms with E-state index in [1.165, 1.54) is 42.5 Å². The van der Waals surface area contributed by atoms with Crippen molar-refractivity contribution in [3.8, 4) is 11.3 Å². The minimum Gasteiger partial charge on any atom is -0.294 e. The minimum atomic E-state index is -3.77. The van der Waals surface area contributed by atoms with Gasteiger partial charge in [0.1, 0.15) is 11.6 Å². The summed E-state index contributed by atoms with van der Waals surface area (Å²) in [6.45, 7) is 3.50. The smallest absolute Gasteiger partial charge is 0.240 e. The molecule has 0 aliphatic heterocycles. The zero-order chi connectivity index (χ0) is 20.8. The quantitative estimate of drug-likeness (QED) is 0.506. The Labute approximate surface area is 170 Å². The van der Waals surface area contributed by atoms with E-state index in [2.05, 4.69) is 9.71 Å². The van der Waals surface area contributed by atoms with Crippen molar-refractivity contribution in [1.82, 2.24) is 14.1 Å². The van der Waals surface area contributed by atoms with Gasteiger partial charge in [-0.2, -0.15) is 0 Å².